The molecule has 4 rings (SSSR count). The first-order valence-corrected chi connectivity index (χ1v) is 14.5. The third-order valence-electron chi connectivity index (χ3n) is 5.36. The Kier molecular flexibility index (Phi) is 14.0. The number of nitrogens with zero attached hydrogens (tertiary/aromatic N) is 5. The van der Waals surface area contributed by atoms with Gasteiger partial charge in [0.1, 0.15) is 12.6 Å². The Hall–Kier alpha value is -4.31. The highest BCUT2D eigenvalue weighted by Crippen LogP contribution is 2.34. The maximum absolute atomic E-state index is 12.5. The summed E-state index contributed by atoms with van der Waals surface area (Å²) in [5.74, 6) is -0.879. The number of amides is 1. The molecule has 3 atom stereocenters. The number of benzene rings is 2. The molecule has 14 heteroatoms. The molecular weight excluding hydrogens is 575 g/mol. The number of anilines is 1. The Bertz CT molecular complexity index is 1500. The summed E-state index contributed by atoms with van der Waals surface area (Å²) in [6.45, 7) is 4.09. The Balaban J connectivity index is 0.000000493. The molecule has 13 nitrogen and oxygen atoms in total. The Morgan fingerprint density at radius 3 is 2.37 bits per heavy atom. The van der Waals surface area contributed by atoms with Crippen molar-refractivity contribution in [3.8, 4) is 6.07 Å². The molecule has 228 valence electrons. The molecule has 1 amide bonds. The Morgan fingerprint density at radius 1 is 1.14 bits per heavy atom. The van der Waals surface area contributed by atoms with Crippen LogP contribution in [-0.2, 0) is 13.8 Å². The van der Waals surface area contributed by atoms with E-state index in [4.69, 9.17) is 27.0 Å². The van der Waals surface area contributed by atoms with Crippen molar-refractivity contribution in [3.05, 3.63) is 84.4 Å². The average Bonchev–Trinajstić information content (AvgIpc) is 3.50. The number of nitriles is 1. The molecule has 0 spiro atoms. The fraction of sp³-hybridized carbons (Fsp3) is 0.310. The number of rotatable bonds is 12. The molecule has 0 aliphatic carbocycles. The fourth-order valence-corrected chi connectivity index (χ4v) is 4.19. The number of carbonyl (C=O) groups is 2. The van der Waals surface area contributed by atoms with Crippen molar-refractivity contribution in [1.82, 2.24) is 19.5 Å². The van der Waals surface area contributed by atoms with Crippen molar-refractivity contribution < 1.29 is 35.0 Å². The first-order chi connectivity index (χ1) is 21.7. The van der Waals surface area contributed by atoms with Crippen molar-refractivity contribution in [1.29, 1.82) is 6.69 Å². The molecule has 4 aromatic rings. The minimum Gasteiger partial charge on any atom is -0.478 e. The van der Waals surface area contributed by atoms with Gasteiger partial charge in [-0.1, -0.05) is 36.4 Å². The molecule has 43 heavy (non-hydrogen) atoms. The number of aromatic nitrogens is 4. The van der Waals surface area contributed by atoms with Gasteiger partial charge < -0.3 is 29.3 Å². The molecule has 0 aliphatic rings. The lowest BCUT2D eigenvalue weighted by Gasteiger charge is -2.21. The van der Waals surface area contributed by atoms with E-state index >= 15 is 0 Å². The average molecular weight is 614 g/mol. The van der Waals surface area contributed by atoms with Gasteiger partial charge in [-0.3, -0.25) is 9.36 Å². The van der Waals surface area contributed by atoms with Crippen molar-refractivity contribution in [2.24, 2.45) is 0 Å². The fourth-order valence-electron chi connectivity index (χ4n) is 3.39. The van der Waals surface area contributed by atoms with Crippen molar-refractivity contribution in [2.75, 3.05) is 32.3 Å². The zero-order chi connectivity index (χ0) is 33.0. The Morgan fingerprint density at radius 2 is 1.79 bits per heavy atom. The van der Waals surface area contributed by atoms with Crippen LogP contribution in [0.15, 0.2) is 73.3 Å². The largest absolute Gasteiger partial charge is 0.478 e. The zero-order valence-electron chi connectivity index (χ0n) is 26.0. The van der Waals surface area contributed by atoms with Crippen LogP contribution in [0.4, 0.5) is 5.82 Å². The van der Waals surface area contributed by atoms with Crippen LogP contribution >= 0.6 is 8.38 Å². The smallest absolute Gasteiger partial charge is 0.335 e. The zero-order valence-corrected chi connectivity index (χ0v) is 24.9. The maximum atomic E-state index is 12.5. The van der Waals surface area contributed by atoms with E-state index in [0.29, 0.717) is 41.1 Å². The summed E-state index contributed by atoms with van der Waals surface area (Å²) >= 11 is 0. The predicted molar refractivity (Wildman–Crippen MR) is 161 cm³/mol. The number of fused-ring (bicyclic) bond motifs is 1. The van der Waals surface area contributed by atoms with Crippen LogP contribution in [0.1, 0.15) is 48.6 Å². The first-order valence-electron chi connectivity index (χ1n) is 14.0. The number of nitrogens with one attached hydrogen (secondary N) is 1. The molecule has 0 bridgehead atoms. The van der Waals surface area contributed by atoms with Gasteiger partial charge in [-0.25, -0.2) is 19.7 Å². The third kappa shape index (κ3) is 11.5. The number of hydrogen-bond acceptors (Lipinski definition) is 10. The Labute approximate surface area is 253 Å². The minimum absolute atomic E-state index is 0.00823. The minimum atomic E-state index is -1.16. The number of hydrogen-bond donors (Lipinski definition) is 3. The van der Waals surface area contributed by atoms with E-state index in [1.165, 1.54) is 13.4 Å². The van der Waals surface area contributed by atoms with Crippen molar-refractivity contribution >= 4 is 37.2 Å². The van der Waals surface area contributed by atoms with E-state index in [1.54, 1.807) is 72.2 Å². The number of aromatic carboxylic acids is 1. The highest BCUT2D eigenvalue weighted by atomic mass is 31.2. The SMILES string of the molecule is O=C(O)c1ccccc1.[2H]C[C@H](COP(C)OCCC#N)O[C@H](C)n1cnc2c(NC(=O)c3ccccc3)ncnc21.[3H]OC. The third-order valence-corrected chi connectivity index (χ3v) is 6.42. The lowest BCUT2D eigenvalue weighted by atomic mass is 10.2. The van der Waals surface area contributed by atoms with Gasteiger partial charge in [-0.2, -0.15) is 5.26 Å². The van der Waals surface area contributed by atoms with Gasteiger partial charge in [0, 0.05) is 20.7 Å². The van der Waals surface area contributed by atoms with Gasteiger partial charge >= 0.3 is 5.97 Å². The topological polar surface area (TPSA) is 182 Å². The molecule has 3 N–H and O–H groups in total. The molecule has 2 aromatic carbocycles. The number of imidazole rings is 1. The standard InChI is InChI=1S/C21H25N6O4P.C7H6O2.CH4O/c1-15(12-30-32(3)29-11-7-10-22)31-16(2)27-14-25-18-19(23-13-24-20(18)27)26-21(28)17-8-5-4-6-9-17;8-7(9)6-4-2-1-3-5-6;1-2/h4-6,8-9,13-16H,7,11-12H2,1-3H3,(H,23,24,26,28);1-5H,(H,8,9);2H,1H3/t15-,16-,32?;;/m1../s1/i1D;;2T. The van der Waals surface area contributed by atoms with Crippen LogP contribution in [0.2, 0.25) is 0 Å². The summed E-state index contributed by atoms with van der Waals surface area (Å²) in [6.07, 6.45) is 2.21. The summed E-state index contributed by atoms with van der Waals surface area (Å²) in [5, 5.41) is 23.2. The lowest BCUT2D eigenvalue weighted by Crippen LogP contribution is -2.20. The summed E-state index contributed by atoms with van der Waals surface area (Å²) in [6, 6.07) is 19.1. The van der Waals surface area contributed by atoms with E-state index in [0.717, 1.165) is 0 Å². The summed E-state index contributed by atoms with van der Waals surface area (Å²) in [4.78, 5) is 35.5. The van der Waals surface area contributed by atoms with Crippen LogP contribution < -0.4 is 5.32 Å². The molecule has 1 unspecified atom stereocenters. The number of carboxylic acid groups (broad SMARTS) is 1. The van der Waals surface area contributed by atoms with Crippen LogP contribution in [0.25, 0.3) is 11.2 Å². The summed E-state index contributed by atoms with van der Waals surface area (Å²) < 4.78 is 32.2. The van der Waals surface area contributed by atoms with E-state index in [-0.39, 0.29) is 19.4 Å². The van der Waals surface area contributed by atoms with Crippen molar-refractivity contribution in [2.45, 2.75) is 32.6 Å². The molecule has 0 fully saturated rings. The molecule has 0 saturated carbocycles. The monoisotopic (exact) mass is 613 g/mol. The van der Waals surface area contributed by atoms with Gasteiger partial charge in [0.15, 0.2) is 25.4 Å². The predicted octanol–water partition coefficient (Wildman–Crippen LogP) is 4.88. The van der Waals surface area contributed by atoms with Crippen molar-refractivity contribution in [3.63, 3.8) is 0 Å². The van der Waals surface area contributed by atoms with Gasteiger partial charge in [0.25, 0.3) is 5.91 Å². The van der Waals surface area contributed by atoms with Crippen LogP contribution in [0.3, 0.4) is 0 Å². The van der Waals surface area contributed by atoms with E-state index in [1.807, 2.05) is 19.1 Å². The second kappa shape index (κ2) is 19.0. The number of carbonyl (C=O) groups excluding carboxylic acids is 1. The number of carboxylic acids is 1. The highest BCUT2D eigenvalue weighted by molar-refractivity contribution is 7.46. The van der Waals surface area contributed by atoms with Gasteiger partial charge in [0.2, 0.25) is 1.43 Å². The number of ether oxygens (including phenoxy) is 1. The molecule has 0 radical (unpaired) electrons. The number of aliphatic hydroxyl groups excluding tert-OH is 1. The van der Waals surface area contributed by atoms with Gasteiger partial charge in [-0.05, 0) is 38.1 Å². The lowest BCUT2D eigenvalue weighted by molar-refractivity contribution is -0.0500. The quantitative estimate of drug-likeness (QED) is 0.146. The molecule has 0 aliphatic heterocycles. The van der Waals surface area contributed by atoms with Gasteiger partial charge in [-0.15, -0.1) is 0 Å². The van der Waals surface area contributed by atoms with E-state index in [9.17, 15) is 9.59 Å². The van der Waals surface area contributed by atoms with E-state index in [2.05, 4.69) is 25.4 Å². The molecule has 0 saturated heterocycles. The van der Waals surface area contributed by atoms with Crippen LogP contribution in [0, 0.1) is 11.3 Å². The van der Waals surface area contributed by atoms with Crippen LogP contribution in [-0.4, -0.2) is 76.1 Å². The first kappa shape index (κ1) is 31.6. The second-order valence-electron chi connectivity index (χ2n) is 8.37. The molecular formula is C29H35N6O7P. The molecule has 2 aromatic heterocycles. The number of aliphatic hydroxyl groups is 1. The van der Waals surface area contributed by atoms with Gasteiger partial charge in [0.05, 0.1) is 43.7 Å². The van der Waals surface area contributed by atoms with Crippen LogP contribution in [0.5, 0.6) is 0 Å². The molecule has 2 heterocycles. The second-order valence-corrected chi connectivity index (χ2v) is 9.77. The highest BCUT2D eigenvalue weighted by Gasteiger charge is 2.18. The summed E-state index contributed by atoms with van der Waals surface area (Å²) in [7, 11) is 0.136. The normalized spacial score (nSPS) is 13.0. The maximum Gasteiger partial charge on any atom is 0.335 e. The van der Waals surface area contributed by atoms with E-state index < -0.39 is 26.7 Å². The summed E-state index contributed by atoms with van der Waals surface area (Å²) in [5.41, 5.74) is 1.76.